The molecule has 110 valence electrons. The number of carboxylic acids is 1. The van der Waals surface area contributed by atoms with Crippen molar-refractivity contribution in [2.24, 2.45) is 0 Å². The van der Waals surface area contributed by atoms with Crippen LogP contribution in [0.4, 0.5) is 5.69 Å². The summed E-state index contributed by atoms with van der Waals surface area (Å²) >= 11 is 3.30. The number of halogens is 1. The van der Waals surface area contributed by atoms with Crippen LogP contribution in [0.5, 0.6) is 0 Å². The van der Waals surface area contributed by atoms with E-state index in [4.69, 9.17) is 5.11 Å². The Morgan fingerprint density at radius 3 is 2.52 bits per heavy atom. The van der Waals surface area contributed by atoms with Crippen molar-refractivity contribution in [1.29, 1.82) is 0 Å². The van der Waals surface area contributed by atoms with Gasteiger partial charge in [0.05, 0.1) is 16.1 Å². The van der Waals surface area contributed by atoms with Crippen molar-refractivity contribution in [3.05, 3.63) is 58.1 Å². The van der Waals surface area contributed by atoms with Gasteiger partial charge in [0.15, 0.2) is 0 Å². The van der Waals surface area contributed by atoms with Gasteiger partial charge in [-0.05, 0) is 48.9 Å². The zero-order valence-electron chi connectivity index (χ0n) is 11.0. The lowest BCUT2D eigenvalue weighted by atomic mass is 10.2. The van der Waals surface area contributed by atoms with Crippen LogP contribution in [-0.2, 0) is 10.0 Å². The van der Waals surface area contributed by atoms with Crippen molar-refractivity contribution >= 4 is 37.6 Å². The van der Waals surface area contributed by atoms with Crippen LogP contribution in [0.25, 0.3) is 0 Å². The summed E-state index contributed by atoms with van der Waals surface area (Å²) in [5.74, 6) is -1.17. The molecule has 0 spiro atoms. The first-order chi connectivity index (χ1) is 9.79. The van der Waals surface area contributed by atoms with E-state index in [-0.39, 0.29) is 10.5 Å². The smallest absolute Gasteiger partial charge is 0.335 e. The van der Waals surface area contributed by atoms with Gasteiger partial charge in [-0.15, -0.1) is 0 Å². The first kappa shape index (κ1) is 15.5. The topological polar surface area (TPSA) is 83.5 Å². The summed E-state index contributed by atoms with van der Waals surface area (Å²) in [6.45, 7) is 1.77. The molecule has 5 nitrogen and oxygen atoms in total. The largest absolute Gasteiger partial charge is 0.478 e. The number of anilines is 1. The average molecular weight is 370 g/mol. The first-order valence-corrected chi connectivity index (χ1v) is 8.19. The summed E-state index contributed by atoms with van der Waals surface area (Å²) in [5.41, 5.74) is 1.12. The number of sulfonamides is 1. The Balaban J connectivity index is 2.38. The molecule has 0 fully saturated rings. The Bertz CT molecular complexity index is 802. The maximum atomic E-state index is 12.3. The fourth-order valence-electron chi connectivity index (χ4n) is 1.74. The molecule has 0 heterocycles. The molecule has 0 bridgehead atoms. The second-order valence-corrected chi connectivity index (χ2v) is 7.00. The molecule has 0 saturated carbocycles. The van der Waals surface area contributed by atoms with E-state index in [0.29, 0.717) is 5.69 Å². The Morgan fingerprint density at radius 1 is 1.19 bits per heavy atom. The molecule has 2 aromatic carbocycles. The minimum atomic E-state index is -3.83. The summed E-state index contributed by atoms with van der Waals surface area (Å²) < 4.78 is 27.9. The van der Waals surface area contributed by atoms with Gasteiger partial charge in [0.2, 0.25) is 0 Å². The molecule has 0 aliphatic carbocycles. The lowest BCUT2D eigenvalue weighted by Gasteiger charge is -2.11. The van der Waals surface area contributed by atoms with Gasteiger partial charge in [-0.1, -0.05) is 22.0 Å². The van der Waals surface area contributed by atoms with Crippen LogP contribution in [0.15, 0.2) is 51.8 Å². The van der Waals surface area contributed by atoms with Gasteiger partial charge in [-0.25, -0.2) is 13.2 Å². The predicted molar refractivity (Wildman–Crippen MR) is 83.1 cm³/mol. The first-order valence-electron chi connectivity index (χ1n) is 5.92. The van der Waals surface area contributed by atoms with Crippen molar-refractivity contribution in [2.45, 2.75) is 11.8 Å². The van der Waals surface area contributed by atoms with Gasteiger partial charge in [0.25, 0.3) is 10.0 Å². The Kier molecular flexibility index (Phi) is 4.34. The fourth-order valence-corrected chi connectivity index (χ4v) is 3.39. The van der Waals surface area contributed by atoms with Crippen LogP contribution in [0.3, 0.4) is 0 Å². The number of hydrogen-bond donors (Lipinski definition) is 2. The zero-order valence-corrected chi connectivity index (χ0v) is 13.4. The summed E-state index contributed by atoms with van der Waals surface area (Å²) in [5, 5.41) is 8.92. The van der Waals surface area contributed by atoms with Gasteiger partial charge in [-0.2, -0.15) is 0 Å². The number of carbonyl (C=O) groups is 1. The van der Waals surface area contributed by atoms with Crippen molar-refractivity contribution in [2.75, 3.05) is 4.72 Å². The van der Waals surface area contributed by atoms with Crippen molar-refractivity contribution in [3.8, 4) is 0 Å². The van der Waals surface area contributed by atoms with E-state index in [0.717, 1.165) is 16.1 Å². The van der Waals surface area contributed by atoms with E-state index in [2.05, 4.69) is 20.7 Å². The normalized spacial score (nSPS) is 11.1. The molecule has 2 aromatic rings. The SMILES string of the molecule is Cc1cc(Br)ccc1NS(=O)(=O)c1cccc(C(=O)O)c1. The monoisotopic (exact) mass is 369 g/mol. The van der Waals surface area contributed by atoms with Crippen LogP contribution in [0, 0.1) is 6.92 Å². The molecule has 0 unspecified atom stereocenters. The third-order valence-electron chi connectivity index (χ3n) is 2.82. The highest BCUT2D eigenvalue weighted by molar-refractivity contribution is 9.10. The molecule has 0 amide bonds. The Morgan fingerprint density at radius 2 is 1.90 bits per heavy atom. The van der Waals surface area contributed by atoms with Crippen LogP contribution in [-0.4, -0.2) is 19.5 Å². The van der Waals surface area contributed by atoms with E-state index in [1.54, 1.807) is 25.1 Å². The maximum Gasteiger partial charge on any atom is 0.335 e. The minimum Gasteiger partial charge on any atom is -0.478 e. The molecular formula is C14H12BrNO4S. The molecule has 0 aliphatic rings. The van der Waals surface area contributed by atoms with Gasteiger partial charge in [0.1, 0.15) is 0 Å². The van der Waals surface area contributed by atoms with E-state index < -0.39 is 16.0 Å². The summed E-state index contributed by atoms with van der Waals surface area (Å²) in [6, 6.07) is 10.3. The Hall–Kier alpha value is -1.86. The van der Waals surface area contributed by atoms with Crippen molar-refractivity contribution in [1.82, 2.24) is 0 Å². The standard InChI is InChI=1S/C14H12BrNO4S/c1-9-7-11(15)5-6-13(9)16-21(19,20)12-4-2-3-10(8-12)14(17)18/h2-8,16H,1H3,(H,17,18). The predicted octanol–water partition coefficient (Wildman–Crippen LogP) is 3.26. The lowest BCUT2D eigenvalue weighted by Crippen LogP contribution is -2.14. The second kappa shape index (κ2) is 5.87. The number of aryl methyl sites for hydroxylation is 1. The van der Waals surface area contributed by atoms with Crippen LogP contribution in [0.1, 0.15) is 15.9 Å². The van der Waals surface area contributed by atoms with Gasteiger partial charge in [-0.3, -0.25) is 4.72 Å². The Labute approximate surface area is 130 Å². The third-order valence-corrected chi connectivity index (χ3v) is 4.68. The number of aromatic carboxylic acids is 1. The molecule has 7 heteroatoms. The maximum absolute atomic E-state index is 12.3. The van der Waals surface area contributed by atoms with Gasteiger partial charge in [0, 0.05) is 4.47 Å². The van der Waals surface area contributed by atoms with E-state index in [1.807, 2.05) is 0 Å². The highest BCUT2D eigenvalue weighted by atomic mass is 79.9. The molecule has 21 heavy (non-hydrogen) atoms. The van der Waals surface area contributed by atoms with Crippen molar-refractivity contribution < 1.29 is 18.3 Å². The molecule has 0 aromatic heterocycles. The molecule has 0 atom stereocenters. The molecule has 0 radical (unpaired) electrons. The number of nitrogens with one attached hydrogen (secondary N) is 1. The van der Waals surface area contributed by atoms with Crippen LogP contribution >= 0.6 is 15.9 Å². The summed E-state index contributed by atoms with van der Waals surface area (Å²) in [7, 11) is -3.83. The molecule has 2 rings (SSSR count). The molecule has 0 aliphatic heterocycles. The zero-order chi connectivity index (χ0) is 15.6. The molecular weight excluding hydrogens is 358 g/mol. The van der Waals surface area contributed by atoms with Crippen molar-refractivity contribution in [3.63, 3.8) is 0 Å². The minimum absolute atomic E-state index is 0.0783. The van der Waals surface area contributed by atoms with E-state index in [1.165, 1.54) is 18.2 Å². The quantitative estimate of drug-likeness (QED) is 0.866. The third kappa shape index (κ3) is 3.62. The second-order valence-electron chi connectivity index (χ2n) is 4.40. The number of benzene rings is 2. The van der Waals surface area contributed by atoms with Gasteiger partial charge >= 0.3 is 5.97 Å². The lowest BCUT2D eigenvalue weighted by molar-refractivity contribution is 0.0696. The number of hydrogen-bond acceptors (Lipinski definition) is 3. The molecule has 2 N–H and O–H groups in total. The van der Waals surface area contributed by atoms with Crippen LogP contribution in [0.2, 0.25) is 0 Å². The summed E-state index contributed by atoms with van der Waals surface area (Å²) in [4.78, 5) is 10.8. The summed E-state index contributed by atoms with van der Waals surface area (Å²) in [6.07, 6.45) is 0. The fraction of sp³-hybridized carbons (Fsp3) is 0.0714. The van der Waals surface area contributed by atoms with E-state index in [9.17, 15) is 13.2 Å². The number of rotatable bonds is 4. The number of carboxylic acid groups (broad SMARTS) is 1. The highest BCUT2D eigenvalue weighted by Crippen LogP contribution is 2.23. The van der Waals surface area contributed by atoms with E-state index >= 15 is 0 Å². The van der Waals surface area contributed by atoms with Gasteiger partial charge < -0.3 is 5.11 Å². The highest BCUT2D eigenvalue weighted by Gasteiger charge is 2.17. The average Bonchev–Trinajstić information content (AvgIpc) is 2.42. The molecule has 0 saturated heterocycles. The van der Waals surface area contributed by atoms with Crippen LogP contribution < -0.4 is 4.72 Å².